The highest BCUT2D eigenvalue weighted by molar-refractivity contribution is 5.91. The molecule has 1 aliphatic carbocycles. The van der Waals surface area contributed by atoms with Gasteiger partial charge < -0.3 is 15.0 Å². The van der Waals surface area contributed by atoms with Gasteiger partial charge in [-0.3, -0.25) is 4.79 Å². The fraction of sp³-hybridized carbons (Fsp3) is 0.400. The van der Waals surface area contributed by atoms with E-state index in [1.54, 1.807) is 0 Å². The van der Waals surface area contributed by atoms with E-state index in [-0.39, 0.29) is 11.9 Å². The molecule has 0 spiro atoms. The summed E-state index contributed by atoms with van der Waals surface area (Å²) in [4.78, 5) is 25.2. The van der Waals surface area contributed by atoms with Gasteiger partial charge in [0.25, 0.3) is 0 Å². The summed E-state index contributed by atoms with van der Waals surface area (Å²) in [6.07, 6.45) is 4.47. The van der Waals surface area contributed by atoms with E-state index in [2.05, 4.69) is 16.2 Å². The number of carboxylic acids is 1. The van der Waals surface area contributed by atoms with E-state index in [1.165, 1.54) is 0 Å². The zero-order valence-electron chi connectivity index (χ0n) is 15.2. The number of nitrogens with zero attached hydrogens (tertiary/aromatic N) is 1. The lowest BCUT2D eigenvalue weighted by molar-refractivity contribution is -0.149. The molecule has 7 nitrogen and oxygen atoms in total. The van der Waals surface area contributed by atoms with Crippen molar-refractivity contribution in [1.82, 2.24) is 20.7 Å². The number of hydrogen-bond donors (Lipinski definition) is 4. The number of rotatable bonds is 4. The summed E-state index contributed by atoms with van der Waals surface area (Å²) in [5, 5.41) is 12.9. The van der Waals surface area contributed by atoms with Crippen LogP contribution in [0.4, 0.5) is 0 Å². The fourth-order valence-corrected chi connectivity index (χ4v) is 4.29. The molecule has 0 radical (unpaired) electrons. The minimum absolute atomic E-state index is 0.000158. The van der Waals surface area contributed by atoms with Crippen molar-refractivity contribution in [2.75, 3.05) is 0 Å². The number of benzene rings is 1. The summed E-state index contributed by atoms with van der Waals surface area (Å²) in [5.74, 6) is -1.30. The van der Waals surface area contributed by atoms with Crippen molar-refractivity contribution in [1.29, 1.82) is 0 Å². The lowest BCUT2D eigenvalue weighted by Crippen LogP contribution is -2.57. The van der Waals surface area contributed by atoms with Crippen LogP contribution in [0, 0.1) is 0 Å². The van der Waals surface area contributed by atoms with Crippen LogP contribution in [0.2, 0.25) is 0 Å². The molecule has 3 atom stereocenters. The van der Waals surface area contributed by atoms with Gasteiger partial charge in [0.1, 0.15) is 6.04 Å². The Hall–Kier alpha value is -2.64. The third-order valence-corrected chi connectivity index (χ3v) is 5.74. The second-order valence-corrected chi connectivity index (χ2v) is 7.38. The van der Waals surface area contributed by atoms with Crippen LogP contribution in [0.15, 0.2) is 42.6 Å². The first kappa shape index (κ1) is 17.8. The van der Waals surface area contributed by atoms with Crippen LogP contribution in [0.1, 0.15) is 42.1 Å². The predicted molar refractivity (Wildman–Crippen MR) is 99.7 cm³/mol. The van der Waals surface area contributed by atoms with Crippen molar-refractivity contribution < 1.29 is 14.7 Å². The van der Waals surface area contributed by atoms with Gasteiger partial charge in [-0.25, -0.2) is 15.6 Å². The van der Waals surface area contributed by atoms with Gasteiger partial charge >= 0.3 is 5.97 Å². The highest BCUT2D eigenvalue weighted by atomic mass is 16.4. The molecule has 1 amide bonds. The van der Waals surface area contributed by atoms with Crippen LogP contribution in [0.3, 0.4) is 0 Å². The first-order valence-corrected chi connectivity index (χ1v) is 9.27. The molecule has 0 bridgehead atoms. The van der Waals surface area contributed by atoms with Crippen molar-refractivity contribution in [3.05, 3.63) is 59.4 Å². The molecule has 27 heavy (non-hydrogen) atoms. The second-order valence-electron chi connectivity index (χ2n) is 7.38. The number of hydrazine groups is 1. The molecule has 2 aliphatic rings. The lowest BCUT2D eigenvalue weighted by atomic mass is 9.76. The van der Waals surface area contributed by atoms with Crippen LogP contribution in [0.5, 0.6) is 0 Å². The molecule has 1 aromatic carbocycles. The monoisotopic (exact) mass is 368 g/mol. The number of aliphatic carboxylic acids is 1. The predicted octanol–water partition coefficient (Wildman–Crippen LogP) is 1.37. The first-order valence-electron chi connectivity index (χ1n) is 9.27. The van der Waals surface area contributed by atoms with Gasteiger partial charge in [-0.1, -0.05) is 24.3 Å². The number of hydrogen-bond acceptors (Lipinski definition) is 4. The third-order valence-electron chi connectivity index (χ3n) is 5.74. The molecule has 1 saturated heterocycles. The van der Waals surface area contributed by atoms with Crippen LogP contribution in [0.25, 0.3) is 0 Å². The highest BCUT2D eigenvalue weighted by Gasteiger charge is 2.46. The molecule has 7 heteroatoms. The van der Waals surface area contributed by atoms with Crippen molar-refractivity contribution in [3.63, 3.8) is 0 Å². The Morgan fingerprint density at radius 3 is 2.78 bits per heavy atom. The number of nitrogens with one attached hydrogen (secondary N) is 3. The summed E-state index contributed by atoms with van der Waals surface area (Å²) >= 11 is 0. The third kappa shape index (κ3) is 3.02. The zero-order valence-corrected chi connectivity index (χ0v) is 15.2. The molecule has 3 unspecified atom stereocenters. The van der Waals surface area contributed by atoms with Crippen molar-refractivity contribution in [2.24, 2.45) is 7.05 Å². The number of amides is 1. The molecule has 142 valence electrons. The Morgan fingerprint density at radius 2 is 2.04 bits per heavy atom. The summed E-state index contributed by atoms with van der Waals surface area (Å²) in [7, 11) is 1.96. The fourth-order valence-electron chi connectivity index (χ4n) is 4.29. The number of aromatic nitrogens is 1. The number of carbonyl (C=O) groups is 2. The van der Waals surface area contributed by atoms with Crippen LogP contribution in [-0.2, 0) is 28.6 Å². The first-order chi connectivity index (χ1) is 13.0. The minimum Gasteiger partial charge on any atom is -0.479 e. The van der Waals surface area contributed by atoms with Crippen molar-refractivity contribution in [3.8, 4) is 0 Å². The van der Waals surface area contributed by atoms with E-state index in [4.69, 9.17) is 0 Å². The van der Waals surface area contributed by atoms with Crippen LogP contribution in [-0.4, -0.2) is 27.6 Å². The molecule has 2 aromatic rings. The molecule has 4 rings (SSSR count). The molecule has 1 fully saturated rings. The molecule has 4 N–H and O–H groups in total. The highest BCUT2D eigenvalue weighted by Crippen LogP contribution is 2.36. The van der Waals surface area contributed by atoms with Gasteiger partial charge in [0.05, 0.1) is 6.04 Å². The van der Waals surface area contributed by atoms with Crippen LogP contribution >= 0.6 is 0 Å². The maximum Gasteiger partial charge on any atom is 0.334 e. The van der Waals surface area contributed by atoms with E-state index >= 15 is 0 Å². The van der Waals surface area contributed by atoms with E-state index in [1.807, 2.05) is 54.2 Å². The Kier molecular flexibility index (Phi) is 4.49. The van der Waals surface area contributed by atoms with Gasteiger partial charge in [0.15, 0.2) is 5.54 Å². The Balaban J connectivity index is 1.55. The maximum atomic E-state index is 12.9. The Labute approximate surface area is 157 Å². The Bertz CT molecular complexity index is 878. The summed E-state index contributed by atoms with van der Waals surface area (Å²) < 4.78 is 2.01. The molecular weight excluding hydrogens is 344 g/mol. The largest absolute Gasteiger partial charge is 0.479 e. The van der Waals surface area contributed by atoms with Gasteiger partial charge in [0, 0.05) is 18.9 Å². The van der Waals surface area contributed by atoms with Crippen molar-refractivity contribution in [2.45, 2.75) is 43.3 Å². The van der Waals surface area contributed by atoms with Gasteiger partial charge in [0.2, 0.25) is 5.91 Å². The number of carbonyl (C=O) groups excluding carboxylic acids is 1. The van der Waals surface area contributed by atoms with E-state index in [9.17, 15) is 14.7 Å². The molecule has 0 saturated carbocycles. The topological polar surface area (TPSA) is 95.4 Å². The normalized spacial score (nSPS) is 27.1. The van der Waals surface area contributed by atoms with Crippen LogP contribution < -0.4 is 16.2 Å². The number of fused-ring (bicyclic) bond motifs is 1. The average molecular weight is 368 g/mol. The lowest BCUT2D eigenvalue weighted by Gasteiger charge is -2.36. The van der Waals surface area contributed by atoms with E-state index in [0.717, 1.165) is 24.1 Å². The van der Waals surface area contributed by atoms with E-state index in [0.29, 0.717) is 18.4 Å². The van der Waals surface area contributed by atoms with Gasteiger partial charge in [-0.05, 0) is 48.9 Å². The Morgan fingerprint density at radius 1 is 1.22 bits per heavy atom. The number of aryl methyl sites for hydroxylation is 2. The quantitative estimate of drug-likeness (QED) is 0.654. The molecule has 1 aromatic heterocycles. The average Bonchev–Trinajstić information content (AvgIpc) is 3.30. The minimum atomic E-state index is -1.36. The molecule has 1 aliphatic heterocycles. The summed E-state index contributed by atoms with van der Waals surface area (Å²) in [6, 6.07) is 11.0. The molecular formula is C20H24N4O3. The maximum absolute atomic E-state index is 12.9. The molecule has 2 heterocycles. The zero-order chi connectivity index (χ0) is 19.0. The van der Waals surface area contributed by atoms with Gasteiger partial charge in [-0.2, -0.15) is 0 Å². The number of carboxylic acid groups (broad SMARTS) is 1. The summed E-state index contributed by atoms with van der Waals surface area (Å²) in [5.41, 5.74) is 7.57. The van der Waals surface area contributed by atoms with E-state index < -0.39 is 17.6 Å². The second kappa shape index (κ2) is 6.83. The summed E-state index contributed by atoms with van der Waals surface area (Å²) in [6.45, 7) is 0. The SMILES string of the molecule is Cn1cccc1C1CC(C(=O)NC2(C(=O)O)CCCc3ccccc32)NN1. The standard InChI is InChI=1S/C20H24N4O3/c1-24-11-5-9-17(24)15-12-16(23-22-15)18(25)21-20(19(26)27)10-4-7-13-6-2-3-8-14(13)20/h2-3,5-6,8-9,11,15-16,22-23H,4,7,10,12H2,1H3,(H,21,25)(H,26,27). The van der Waals surface area contributed by atoms with Gasteiger partial charge in [-0.15, -0.1) is 0 Å². The van der Waals surface area contributed by atoms with Crippen molar-refractivity contribution >= 4 is 11.9 Å². The smallest absolute Gasteiger partial charge is 0.334 e.